The summed E-state index contributed by atoms with van der Waals surface area (Å²) in [5, 5.41) is 1.24. The maximum absolute atomic E-state index is 14.0. The van der Waals surface area contributed by atoms with Crippen LogP contribution in [0.15, 0.2) is 18.2 Å². The Kier molecular flexibility index (Phi) is 2.61. The largest absolute Gasteiger partial charge is 0.203 e. The van der Waals surface area contributed by atoms with Crippen molar-refractivity contribution >= 4 is 10.8 Å². The lowest BCUT2D eigenvalue weighted by Crippen LogP contribution is -2.11. The van der Waals surface area contributed by atoms with Gasteiger partial charge in [-0.05, 0) is 66.3 Å². The first kappa shape index (κ1) is 11.6. The Balaban J connectivity index is 2.28. The minimum Gasteiger partial charge on any atom is -0.203 e. The van der Waals surface area contributed by atoms with Gasteiger partial charge in [0.05, 0.1) is 0 Å². The molecule has 1 aliphatic carbocycles. The molecule has 2 aromatic carbocycles. The molecule has 0 nitrogen and oxygen atoms in total. The van der Waals surface area contributed by atoms with Crippen LogP contribution < -0.4 is 0 Å². The van der Waals surface area contributed by atoms with E-state index in [1.54, 1.807) is 13.0 Å². The highest BCUT2D eigenvalue weighted by Gasteiger charge is 2.18. The van der Waals surface area contributed by atoms with Crippen LogP contribution >= 0.6 is 0 Å². The van der Waals surface area contributed by atoms with E-state index >= 15 is 0 Å². The molecule has 0 aliphatic heterocycles. The van der Waals surface area contributed by atoms with Gasteiger partial charge in [0.2, 0.25) is 0 Å². The Hall–Kier alpha value is -1.44. The minimum absolute atomic E-state index is 0.379. The summed E-state index contributed by atoms with van der Waals surface area (Å²) in [6.07, 6.45) is 3.20. The van der Waals surface area contributed by atoms with Crippen LogP contribution in [0.25, 0.3) is 10.8 Å². The van der Waals surface area contributed by atoms with Crippen LogP contribution in [0.1, 0.15) is 30.0 Å². The number of halogens is 2. The van der Waals surface area contributed by atoms with Gasteiger partial charge >= 0.3 is 0 Å². The molecular formula is C16H16F2. The summed E-state index contributed by atoms with van der Waals surface area (Å²) in [6, 6.07) is 5.62. The van der Waals surface area contributed by atoms with Gasteiger partial charge in [-0.2, -0.15) is 0 Å². The van der Waals surface area contributed by atoms with Crippen molar-refractivity contribution < 1.29 is 8.78 Å². The summed E-state index contributed by atoms with van der Waals surface area (Å²) in [4.78, 5) is 0. The molecule has 94 valence electrons. The normalized spacial score (nSPS) is 19.0. The highest BCUT2D eigenvalue weighted by molar-refractivity contribution is 5.85. The summed E-state index contributed by atoms with van der Waals surface area (Å²) >= 11 is 0. The van der Waals surface area contributed by atoms with Gasteiger partial charge in [-0.25, -0.2) is 8.78 Å². The summed E-state index contributed by atoms with van der Waals surface area (Å²) in [6.45, 7) is 3.82. The van der Waals surface area contributed by atoms with Crippen molar-refractivity contribution in [2.45, 2.75) is 33.1 Å². The fourth-order valence-corrected chi connectivity index (χ4v) is 2.91. The highest BCUT2D eigenvalue weighted by Crippen LogP contribution is 2.31. The smallest absolute Gasteiger partial charge is 0.166 e. The fourth-order valence-electron chi connectivity index (χ4n) is 2.91. The average Bonchev–Trinajstić information content (AvgIpc) is 2.35. The molecule has 18 heavy (non-hydrogen) atoms. The molecular weight excluding hydrogens is 230 g/mol. The molecule has 2 aromatic rings. The average molecular weight is 246 g/mol. The molecule has 0 radical (unpaired) electrons. The third-order valence-electron chi connectivity index (χ3n) is 3.99. The molecule has 3 rings (SSSR count). The summed E-state index contributed by atoms with van der Waals surface area (Å²) in [5.41, 5.74) is 2.86. The Bertz CT molecular complexity index is 629. The third-order valence-corrected chi connectivity index (χ3v) is 3.99. The van der Waals surface area contributed by atoms with Crippen molar-refractivity contribution in [1.82, 2.24) is 0 Å². The molecule has 0 bridgehead atoms. The zero-order chi connectivity index (χ0) is 12.9. The zero-order valence-corrected chi connectivity index (χ0v) is 10.7. The fraction of sp³-hybridized carbons (Fsp3) is 0.375. The Morgan fingerprint density at radius 2 is 1.83 bits per heavy atom. The first-order valence-corrected chi connectivity index (χ1v) is 6.46. The van der Waals surface area contributed by atoms with Crippen LogP contribution in [0.3, 0.4) is 0 Å². The molecule has 0 saturated carbocycles. The molecule has 0 spiro atoms. The Morgan fingerprint density at radius 1 is 1.06 bits per heavy atom. The first-order valence-electron chi connectivity index (χ1n) is 6.46. The van der Waals surface area contributed by atoms with Crippen LogP contribution in [0, 0.1) is 24.5 Å². The van der Waals surface area contributed by atoms with Crippen LogP contribution in [0.5, 0.6) is 0 Å². The molecule has 1 aliphatic rings. The molecule has 1 unspecified atom stereocenters. The number of fused-ring (bicyclic) bond motifs is 2. The van der Waals surface area contributed by atoms with Gasteiger partial charge in [0.15, 0.2) is 11.6 Å². The Morgan fingerprint density at radius 3 is 2.61 bits per heavy atom. The molecule has 0 heterocycles. The van der Waals surface area contributed by atoms with Crippen LogP contribution in [-0.4, -0.2) is 0 Å². The first-order chi connectivity index (χ1) is 8.56. The minimum atomic E-state index is -0.716. The van der Waals surface area contributed by atoms with Crippen LogP contribution in [0.4, 0.5) is 8.78 Å². The van der Waals surface area contributed by atoms with E-state index in [-0.39, 0.29) is 0 Å². The maximum Gasteiger partial charge on any atom is 0.166 e. The SMILES string of the molecule is Cc1cc2cc3c(cc2c(F)c1F)CC(C)CC3. The lowest BCUT2D eigenvalue weighted by atomic mass is 9.83. The van der Waals surface area contributed by atoms with Gasteiger partial charge in [0.25, 0.3) is 0 Å². The number of hydrogen-bond donors (Lipinski definition) is 0. The second-order valence-corrected chi connectivity index (χ2v) is 5.51. The zero-order valence-electron chi connectivity index (χ0n) is 10.7. The summed E-state index contributed by atoms with van der Waals surface area (Å²) < 4.78 is 27.5. The van der Waals surface area contributed by atoms with Gasteiger partial charge < -0.3 is 0 Å². The molecule has 0 N–H and O–H groups in total. The van der Waals surface area contributed by atoms with Crippen LogP contribution in [-0.2, 0) is 12.8 Å². The van der Waals surface area contributed by atoms with E-state index in [1.807, 2.05) is 12.1 Å². The number of hydrogen-bond acceptors (Lipinski definition) is 0. The monoisotopic (exact) mass is 246 g/mol. The van der Waals surface area contributed by atoms with Crippen molar-refractivity contribution in [3.05, 3.63) is 46.5 Å². The molecule has 1 atom stereocenters. The lowest BCUT2D eigenvalue weighted by Gasteiger charge is -2.22. The second kappa shape index (κ2) is 4.04. The van der Waals surface area contributed by atoms with E-state index in [0.29, 0.717) is 16.9 Å². The van der Waals surface area contributed by atoms with Crippen molar-refractivity contribution in [2.75, 3.05) is 0 Å². The van der Waals surface area contributed by atoms with E-state index in [4.69, 9.17) is 0 Å². The number of rotatable bonds is 0. The molecule has 0 saturated heterocycles. The van der Waals surface area contributed by atoms with Crippen LogP contribution in [0.2, 0.25) is 0 Å². The standard InChI is InChI=1S/C16H16F2/c1-9-3-4-11-7-13-6-10(2)15(17)16(18)14(13)8-12(11)5-9/h6-9H,3-5H2,1-2H3. The molecule has 0 amide bonds. The van der Waals surface area contributed by atoms with Crippen molar-refractivity contribution in [3.63, 3.8) is 0 Å². The van der Waals surface area contributed by atoms with E-state index in [1.165, 1.54) is 17.5 Å². The quantitative estimate of drug-likeness (QED) is 0.639. The van der Waals surface area contributed by atoms with Gasteiger partial charge in [-0.1, -0.05) is 13.0 Å². The molecule has 0 aromatic heterocycles. The van der Waals surface area contributed by atoms with E-state index in [9.17, 15) is 8.78 Å². The topological polar surface area (TPSA) is 0 Å². The Labute approximate surface area is 106 Å². The highest BCUT2D eigenvalue weighted by atomic mass is 19.2. The van der Waals surface area contributed by atoms with E-state index in [0.717, 1.165) is 18.2 Å². The van der Waals surface area contributed by atoms with Gasteiger partial charge in [0.1, 0.15) is 0 Å². The van der Waals surface area contributed by atoms with Crippen molar-refractivity contribution in [1.29, 1.82) is 0 Å². The van der Waals surface area contributed by atoms with E-state index < -0.39 is 11.6 Å². The van der Waals surface area contributed by atoms with E-state index in [2.05, 4.69) is 6.92 Å². The predicted octanol–water partition coefficient (Wildman–Crippen LogP) is 4.55. The third kappa shape index (κ3) is 1.71. The van der Waals surface area contributed by atoms with Crippen molar-refractivity contribution in [3.8, 4) is 0 Å². The van der Waals surface area contributed by atoms with Gasteiger partial charge in [-0.15, -0.1) is 0 Å². The lowest BCUT2D eigenvalue weighted by molar-refractivity contribution is 0.499. The van der Waals surface area contributed by atoms with Gasteiger partial charge in [0, 0.05) is 5.39 Å². The van der Waals surface area contributed by atoms with Crippen molar-refractivity contribution in [2.24, 2.45) is 5.92 Å². The summed E-state index contributed by atoms with van der Waals surface area (Å²) in [7, 11) is 0. The summed E-state index contributed by atoms with van der Waals surface area (Å²) in [5.74, 6) is -0.786. The van der Waals surface area contributed by atoms with Gasteiger partial charge in [-0.3, -0.25) is 0 Å². The molecule has 0 fully saturated rings. The number of aryl methyl sites for hydroxylation is 2. The predicted molar refractivity (Wildman–Crippen MR) is 69.8 cm³/mol. The maximum atomic E-state index is 14.0. The molecule has 2 heteroatoms. The number of benzene rings is 2. The second-order valence-electron chi connectivity index (χ2n) is 5.51.